The first-order valence-corrected chi connectivity index (χ1v) is 7.52. The summed E-state index contributed by atoms with van der Waals surface area (Å²) in [5.41, 5.74) is 2.08. The van der Waals surface area contributed by atoms with Gasteiger partial charge < -0.3 is 5.32 Å². The van der Waals surface area contributed by atoms with Crippen molar-refractivity contribution >= 4 is 34.0 Å². The summed E-state index contributed by atoms with van der Waals surface area (Å²) in [4.78, 5) is 15.4. The molecule has 5 nitrogen and oxygen atoms in total. The molecule has 0 spiro atoms. The molecule has 0 saturated heterocycles. The van der Waals surface area contributed by atoms with E-state index in [9.17, 15) is 9.00 Å². The summed E-state index contributed by atoms with van der Waals surface area (Å²) >= 11 is 0. The minimum atomic E-state index is -1.47. The van der Waals surface area contributed by atoms with Gasteiger partial charge in [-0.2, -0.15) is 4.40 Å². The SMILES string of the molecule is [C-]#[N+]c1ccc(NC(=O)C(C)=N[S@@](=O)C(C)(C)C)cc1C. The number of carbonyl (C=O) groups excluding carboxylic acids is 1. The van der Waals surface area contributed by atoms with Crippen LogP contribution < -0.4 is 5.32 Å². The zero-order valence-electron chi connectivity index (χ0n) is 12.9. The molecule has 0 saturated carbocycles. The molecule has 1 amide bonds. The van der Waals surface area contributed by atoms with Crippen LogP contribution in [0.25, 0.3) is 4.85 Å². The highest BCUT2D eigenvalue weighted by atomic mass is 32.2. The number of anilines is 1. The number of hydrogen-bond donors (Lipinski definition) is 1. The first-order chi connectivity index (χ1) is 9.65. The quantitative estimate of drug-likeness (QED) is 0.687. The van der Waals surface area contributed by atoms with Crippen molar-refractivity contribution in [2.45, 2.75) is 39.4 Å². The molecule has 0 aliphatic heterocycles. The summed E-state index contributed by atoms with van der Waals surface area (Å²) in [5.74, 6) is -0.400. The molecule has 1 N–H and O–H groups in total. The Balaban J connectivity index is 2.87. The number of benzene rings is 1. The van der Waals surface area contributed by atoms with Gasteiger partial charge in [-0.15, -0.1) is 0 Å². The molecule has 0 bridgehead atoms. The van der Waals surface area contributed by atoms with E-state index in [1.54, 1.807) is 45.9 Å². The molecule has 0 radical (unpaired) electrons. The lowest BCUT2D eigenvalue weighted by Gasteiger charge is -2.14. The van der Waals surface area contributed by atoms with Crippen molar-refractivity contribution in [3.63, 3.8) is 0 Å². The maximum absolute atomic E-state index is 12.0. The van der Waals surface area contributed by atoms with E-state index >= 15 is 0 Å². The van der Waals surface area contributed by atoms with Crippen molar-refractivity contribution in [3.05, 3.63) is 35.2 Å². The van der Waals surface area contributed by atoms with Gasteiger partial charge in [-0.3, -0.25) is 4.79 Å². The van der Waals surface area contributed by atoms with Gasteiger partial charge in [-0.05, 0) is 52.3 Å². The van der Waals surface area contributed by atoms with E-state index in [1.165, 1.54) is 6.92 Å². The third-order valence-electron chi connectivity index (χ3n) is 2.65. The number of rotatable bonds is 3. The highest BCUT2D eigenvalue weighted by Gasteiger charge is 2.20. The molecule has 0 aliphatic rings. The smallest absolute Gasteiger partial charge is 0.270 e. The maximum atomic E-state index is 12.0. The molecule has 0 aliphatic carbocycles. The predicted molar refractivity (Wildman–Crippen MR) is 87.1 cm³/mol. The molecule has 1 aromatic rings. The Morgan fingerprint density at radius 3 is 2.48 bits per heavy atom. The molecule has 0 fully saturated rings. The number of nitrogens with zero attached hydrogens (tertiary/aromatic N) is 2. The number of amides is 1. The number of nitrogens with one attached hydrogen (secondary N) is 1. The van der Waals surface area contributed by atoms with Gasteiger partial charge in [0.15, 0.2) is 5.69 Å². The van der Waals surface area contributed by atoms with Gasteiger partial charge in [0.2, 0.25) is 0 Å². The highest BCUT2D eigenvalue weighted by molar-refractivity contribution is 7.85. The lowest BCUT2D eigenvalue weighted by Crippen LogP contribution is -2.25. The van der Waals surface area contributed by atoms with Crippen LogP contribution in [-0.4, -0.2) is 20.6 Å². The van der Waals surface area contributed by atoms with Gasteiger partial charge in [0.25, 0.3) is 5.91 Å². The Morgan fingerprint density at radius 1 is 1.38 bits per heavy atom. The Morgan fingerprint density at radius 2 is 2.00 bits per heavy atom. The van der Waals surface area contributed by atoms with E-state index in [1.807, 2.05) is 0 Å². The van der Waals surface area contributed by atoms with E-state index in [4.69, 9.17) is 6.57 Å². The standard InChI is InChI=1S/C15H19N3O2S/c1-10-9-12(7-8-13(10)16-6)17-14(19)11(2)18-21(20)15(3,4)5/h7-9H,1-5H3,(H,17,19)/t21-/m0/s1. The second kappa shape index (κ2) is 6.64. The molecule has 6 heteroatoms. The Hall–Kier alpha value is -2.00. The first-order valence-electron chi connectivity index (χ1n) is 6.42. The van der Waals surface area contributed by atoms with E-state index in [0.717, 1.165) is 5.56 Å². The van der Waals surface area contributed by atoms with Gasteiger partial charge in [-0.25, -0.2) is 9.05 Å². The van der Waals surface area contributed by atoms with Crippen LogP contribution in [0, 0.1) is 13.5 Å². The maximum Gasteiger partial charge on any atom is 0.270 e. The Kier molecular flexibility index (Phi) is 5.39. The normalized spacial score (nSPS) is 13.4. The average molecular weight is 305 g/mol. The van der Waals surface area contributed by atoms with Gasteiger partial charge >= 0.3 is 0 Å². The summed E-state index contributed by atoms with van der Waals surface area (Å²) in [7, 11) is -1.47. The van der Waals surface area contributed by atoms with Crippen molar-refractivity contribution in [2.24, 2.45) is 4.40 Å². The van der Waals surface area contributed by atoms with Gasteiger partial charge in [0, 0.05) is 5.69 Å². The van der Waals surface area contributed by atoms with Crippen molar-refractivity contribution in [1.82, 2.24) is 0 Å². The van der Waals surface area contributed by atoms with Crippen LogP contribution in [0.4, 0.5) is 11.4 Å². The number of hydrogen-bond acceptors (Lipinski definition) is 2. The van der Waals surface area contributed by atoms with Crippen LogP contribution >= 0.6 is 0 Å². The van der Waals surface area contributed by atoms with Crippen molar-refractivity contribution in [3.8, 4) is 0 Å². The van der Waals surface area contributed by atoms with Crippen LogP contribution in [0.3, 0.4) is 0 Å². The molecular weight excluding hydrogens is 286 g/mol. The van der Waals surface area contributed by atoms with Crippen molar-refractivity contribution in [2.75, 3.05) is 5.32 Å². The topological polar surface area (TPSA) is 62.9 Å². The van der Waals surface area contributed by atoms with E-state index in [2.05, 4.69) is 14.6 Å². The summed E-state index contributed by atoms with van der Waals surface area (Å²) in [5, 5.41) is 2.68. The zero-order valence-corrected chi connectivity index (χ0v) is 13.7. The van der Waals surface area contributed by atoms with Crippen LogP contribution in [0.15, 0.2) is 22.6 Å². The third-order valence-corrected chi connectivity index (χ3v) is 4.13. The molecule has 0 unspecified atom stereocenters. The minimum absolute atomic E-state index is 0.162. The Labute approximate surface area is 127 Å². The van der Waals surface area contributed by atoms with E-state index < -0.39 is 21.6 Å². The van der Waals surface area contributed by atoms with Crippen LogP contribution in [-0.2, 0) is 15.8 Å². The third kappa shape index (κ3) is 4.80. The Bertz CT molecular complexity index is 652. The van der Waals surface area contributed by atoms with Gasteiger partial charge in [-0.1, -0.05) is 6.07 Å². The number of carbonyl (C=O) groups is 1. The first kappa shape index (κ1) is 17.1. The zero-order chi connectivity index (χ0) is 16.2. The summed E-state index contributed by atoms with van der Waals surface area (Å²) in [6.45, 7) is 15.7. The molecule has 1 rings (SSSR count). The molecule has 0 aromatic heterocycles. The van der Waals surface area contributed by atoms with Crippen LogP contribution in [0.1, 0.15) is 33.3 Å². The fourth-order valence-corrected chi connectivity index (χ4v) is 1.99. The van der Waals surface area contributed by atoms with E-state index in [-0.39, 0.29) is 5.71 Å². The summed E-state index contributed by atoms with van der Waals surface area (Å²) in [6.07, 6.45) is 0. The highest BCUT2D eigenvalue weighted by Crippen LogP contribution is 2.22. The van der Waals surface area contributed by atoms with Crippen molar-refractivity contribution < 1.29 is 9.00 Å². The molecule has 1 aromatic carbocycles. The summed E-state index contributed by atoms with van der Waals surface area (Å²) in [6, 6.07) is 5.03. The molecule has 0 heterocycles. The van der Waals surface area contributed by atoms with Crippen molar-refractivity contribution in [1.29, 1.82) is 0 Å². The monoisotopic (exact) mass is 305 g/mol. The van der Waals surface area contributed by atoms with Crippen LogP contribution in [0.2, 0.25) is 0 Å². The van der Waals surface area contributed by atoms with Crippen LogP contribution in [0.5, 0.6) is 0 Å². The molecular formula is C15H19N3O2S. The minimum Gasteiger partial charge on any atom is -0.321 e. The number of aryl methyl sites for hydroxylation is 1. The van der Waals surface area contributed by atoms with E-state index in [0.29, 0.717) is 11.4 Å². The fourth-order valence-electron chi connectivity index (χ4n) is 1.38. The molecule has 112 valence electrons. The average Bonchev–Trinajstić information content (AvgIpc) is 2.37. The molecule has 21 heavy (non-hydrogen) atoms. The van der Waals surface area contributed by atoms with Gasteiger partial charge in [0.1, 0.15) is 16.7 Å². The lowest BCUT2D eigenvalue weighted by molar-refractivity contribution is -0.110. The fraction of sp³-hybridized carbons (Fsp3) is 0.400. The molecule has 1 atom stereocenters. The predicted octanol–water partition coefficient (Wildman–Crippen LogP) is 3.41. The second-order valence-electron chi connectivity index (χ2n) is 5.61. The largest absolute Gasteiger partial charge is 0.321 e. The summed E-state index contributed by atoms with van der Waals surface area (Å²) < 4.78 is 15.3. The lowest BCUT2D eigenvalue weighted by atomic mass is 10.2. The van der Waals surface area contributed by atoms with Gasteiger partial charge in [0.05, 0.1) is 11.3 Å². The second-order valence-corrected chi connectivity index (χ2v) is 7.51.